The van der Waals surface area contributed by atoms with Crippen molar-refractivity contribution in [2.75, 3.05) is 41.7 Å². The first kappa shape index (κ1) is 32.8. The van der Waals surface area contributed by atoms with E-state index in [4.69, 9.17) is 33.2 Å². The van der Waals surface area contributed by atoms with Gasteiger partial charge in [0.15, 0.2) is 23.0 Å². The summed E-state index contributed by atoms with van der Waals surface area (Å²) in [7, 11) is 6.54. The lowest BCUT2D eigenvalue weighted by molar-refractivity contribution is 0.0434. The molecule has 0 unspecified atom stereocenters. The lowest BCUT2D eigenvalue weighted by Crippen LogP contribution is -2.06. The molecule has 45 heavy (non-hydrogen) atoms. The van der Waals surface area contributed by atoms with Crippen molar-refractivity contribution in [3.8, 4) is 34.5 Å². The minimum absolute atomic E-state index is 0.142. The van der Waals surface area contributed by atoms with Crippen LogP contribution in [0.5, 0.6) is 34.5 Å². The van der Waals surface area contributed by atoms with Crippen molar-refractivity contribution in [2.24, 2.45) is 0 Å². The maximum absolute atomic E-state index is 6.65. The number of rotatable bonds is 16. The number of nitrogens with zero attached hydrogens (tertiary/aromatic N) is 2. The molecule has 242 valence electrons. The van der Waals surface area contributed by atoms with Crippen molar-refractivity contribution in [1.29, 1.82) is 0 Å². The predicted molar refractivity (Wildman–Crippen MR) is 176 cm³/mol. The molecule has 0 saturated carbocycles. The summed E-state index contributed by atoms with van der Waals surface area (Å²) in [4.78, 5) is 11.3. The average Bonchev–Trinajstić information content (AvgIpc) is 3.82. The van der Waals surface area contributed by atoms with Gasteiger partial charge in [-0.15, -0.1) is 22.7 Å². The Bertz CT molecular complexity index is 1440. The summed E-state index contributed by atoms with van der Waals surface area (Å²) in [6.07, 6.45) is 4.98. The molecule has 11 heteroatoms. The Morgan fingerprint density at radius 2 is 1.07 bits per heavy atom. The first-order valence-electron chi connectivity index (χ1n) is 15.2. The molecule has 1 saturated heterocycles. The lowest BCUT2D eigenvalue weighted by atomic mass is 10.0. The van der Waals surface area contributed by atoms with Crippen LogP contribution in [-0.2, 0) is 17.6 Å². The Hall–Kier alpha value is -3.54. The third kappa shape index (κ3) is 7.82. The summed E-state index contributed by atoms with van der Waals surface area (Å²) >= 11 is 3.37. The minimum atomic E-state index is -0.142. The second-order valence-electron chi connectivity index (χ2n) is 10.8. The minimum Gasteiger partial charge on any atom is -0.493 e. The van der Waals surface area contributed by atoms with Crippen molar-refractivity contribution in [1.82, 2.24) is 9.97 Å². The monoisotopic (exact) mass is 654 g/mol. The van der Waals surface area contributed by atoms with Crippen LogP contribution in [0, 0.1) is 13.8 Å². The number of aromatic nitrogens is 2. The Morgan fingerprint density at radius 3 is 1.42 bits per heavy atom. The quantitative estimate of drug-likeness (QED) is 0.112. The number of ether oxygens (including phenoxy) is 7. The molecule has 1 fully saturated rings. The van der Waals surface area contributed by atoms with Gasteiger partial charge in [0.2, 0.25) is 11.5 Å². The van der Waals surface area contributed by atoms with Gasteiger partial charge in [-0.1, -0.05) is 0 Å². The van der Waals surface area contributed by atoms with Gasteiger partial charge in [-0.05, 0) is 87.8 Å². The van der Waals surface area contributed by atoms with Crippen LogP contribution >= 0.6 is 22.7 Å². The van der Waals surface area contributed by atoms with E-state index in [-0.39, 0.29) is 12.2 Å². The van der Waals surface area contributed by atoms with E-state index in [1.54, 1.807) is 51.1 Å². The normalized spacial score (nSPS) is 16.0. The topological polar surface area (TPSA) is 90.4 Å². The summed E-state index contributed by atoms with van der Waals surface area (Å²) in [5.74, 6) is 3.69. The molecule has 4 aromatic rings. The highest BCUT2D eigenvalue weighted by Gasteiger charge is 2.31. The predicted octanol–water partition coefficient (Wildman–Crippen LogP) is 7.87. The fraction of sp³-hybridized carbons (Fsp3) is 0.471. The Kier molecular flexibility index (Phi) is 11.4. The van der Waals surface area contributed by atoms with E-state index in [2.05, 4.69) is 9.97 Å². The molecular weight excluding hydrogens is 613 g/mol. The first-order chi connectivity index (χ1) is 21.9. The van der Waals surface area contributed by atoms with Crippen molar-refractivity contribution in [3.63, 3.8) is 0 Å². The van der Waals surface area contributed by atoms with Crippen LogP contribution in [0.15, 0.2) is 35.3 Å². The zero-order chi connectivity index (χ0) is 31.8. The van der Waals surface area contributed by atoms with Crippen LogP contribution in [0.3, 0.4) is 0 Å². The van der Waals surface area contributed by atoms with Gasteiger partial charge in [-0.25, -0.2) is 9.97 Å². The molecule has 2 atom stereocenters. The van der Waals surface area contributed by atoms with Crippen LogP contribution in [0.25, 0.3) is 0 Å². The van der Waals surface area contributed by atoms with Gasteiger partial charge >= 0.3 is 0 Å². The van der Waals surface area contributed by atoms with Gasteiger partial charge in [-0.2, -0.15) is 0 Å². The third-order valence-electron chi connectivity index (χ3n) is 8.00. The van der Waals surface area contributed by atoms with E-state index < -0.39 is 0 Å². The molecule has 0 aliphatic carbocycles. The molecule has 1 aliphatic rings. The number of methoxy groups -OCH3 is 4. The third-order valence-corrected chi connectivity index (χ3v) is 9.99. The van der Waals surface area contributed by atoms with E-state index in [9.17, 15) is 0 Å². The molecule has 3 heterocycles. The lowest BCUT2D eigenvalue weighted by Gasteiger charge is -2.20. The maximum atomic E-state index is 6.65. The standard InChI is InChI=1S/C34H42N2O7S2/c1-21-31(44-19-35-21)9-7-13-41-29-17-23(15-27(37-3)33(29)39-5)25-11-12-26(43-25)24-16-28(38-4)34(40-6)30(18-24)42-14-8-10-32-22(2)36-20-45-32/h15-20,25-26H,7-14H2,1-6H3/t25-,26-/m1/s1. The van der Waals surface area contributed by atoms with Gasteiger partial charge < -0.3 is 33.2 Å². The summed E-state index contributed by atoms with van der Waals surface area (Å²) < 4.78 is 41.9. The van der Waals surface area contributed by atoms with Gasteiger partial charge in [0.05, 0.1) is 76.3 Å². The van der Waals surface area contributed by atoms with E-state index in [0.29, 0.717) is 47.7 Å². The molecule has 2 aromatic carbocycles. The molecule has 0 amide bonds. The number of hydrogen-bond donors (Lipinski definition) is 0. The molecule has 0 radical (unpaired) electrons. The van der Waals surface area contributed by atoms with Crippen molar-refractivity contribution < 1.29 is 33.2 Å². The number of hydrogen-bond acceptors (Lipinski definition) is 11. The van der Waals surface area contributed by atoms with E-state index in [1.165, 1.54) is 9.75 Å². The Labute approximate surface area is 273 Å². The molecule has 0 spiro atoms. The van der Waals surface area contributed by atoms with Gasteiger partial charge in [-0.3, -0.25) is 0 Å². The molecule has 0 bridgehead atoms. The average molecular weight is 655 g/mol. The second kappa shape index (κ2) is 15.6. The molecule has 1 aliphatic heterocycles. The fourth-order valence-electron chi connectivity index (χ4n) is 5.58. The van der Waals surface area contributed by atoms with E-state index in [1.807, 2.05) is 49.1 Å². The Morgan fingerprint density at radius 1 is 0.644 bits per heavy atom. The largest absolute Gasteiger partial charge is 0.493 e. The SMILES string of the molecule is COc1cc([C@H]2CC[C@H](c3cc(OC)c(OC)c(OCCCc4scnc4C)c3)O2)cc(OCCCc2scnc2C)c1OC. The van der Waals surface area contributed by atoms with E-state index >= 15 is 0 Å². The van der Waals surface area contributed by atoms with Crippen molar-refractivity contribution >= 4 is 22.7 Å². The van der Waals surface area contributed by atoms with E-state index in [0.717, 1.165) is 61.0 Å². The molecular formula is C34H42N2O7S2. The second-order valence-corrected chi connectivity index (χ2v) is 12.7. The highest BCUT2D eigenvalue weighted by molar-refractivity contribution is 7.10. The smallest absolute Gasteiger partial charge is 0.203 e. The first-order valence-corrected chi connectivity index (χ1v) is 16.9. The zero-order valence-electron chi connectivity index (χ0n) is 26.8. The highest BCUT2D eigenvalue weighted by atomic mass is 32.1. The molecule has 9 nitrogen and oxygen atoms in total. The van der Waals surface area contributed by atoms with Crippen LogP contribution in [0.1, 0.15) is 70.2 Å². The van der Waals surface area contributed by atoms with Crippen molar-refractivity contribution in [3.05, 3.63) is 67.6 Å². The molecule has 5 rings (SSSR count). The summed E-state index contributed by atoms with van der Waals surface area (Å²) in [5.41, 5.74) is 7.92. The number of aryl methyl sites for hydroxylation is 4. The van der Waals surface area contributed by atoms with Gasteiger partial charge in [0.25, 0.3) is 0 Å². The molecule has 2 aromatic heterocycles. The number of thiazole rings is 2. The van der Waals surface area contributed by atoms with Crippen LogP contribution < -0.4 is 28.4 Å². The van der Waals surface area contributed by atoms with Crippen molar-refractivity contribution in [2.45, 2.75) is 64.6 Å². The zero-order valence-corrected chi connectivity index (χ0v) is 28.5. The van der Waals surface area contributed by atoms with Crippen LogP contribution in [0.2, 0.25) is 0 Å². The van der Waals surface area contributed by atoms with Gasteiger partial charge in [0, 0.05) is 9.75 Å². The van der Waals surface area contributed by atoms with Crippen LogP contribution in [0.4, 0.5) is 0 Å². The summed E-state index contributed by atoms with van der Waals surface area (Å²) in [6, 6.07) is 7.99. The molecule has 0 N–H and O–H groups in total. The van der Waals surface area contributed by atoms with Gasteiger partial charge in [0.1, 0.15) is 0 Å². The maximum Gasteiger partial charge on any atom is 0.203 e. The highest BCUT2D eigenvalue weighted by Crippen LogP contribution is 2.48. The fourth-order valence-corrected chi connectivity index (χ4v) is 7.22. The summed E-state index contributed by atoms with van der Waals surface area (Å²) in [5, 5.41) is 0. The van der Waals surface area contributed by atoms with Crippen LogP contribution in [-0.4, -0.2) is 51.6 Å². The Balaban J connectivity index is 1.28. The number of benzene rings is 2. The summed E-state index contributed by atoms with van der Waals surface area (Å²) in [6.45, 7) is 5.18.